The van der Waals surface area contributed by atoms with Crippen molar-refractivity contribution in [2.45, 2.75) is 19.3 Å². The molecule has 0 saturated heterocycles. The van der Waals surface area contributed by atoms with E-state index in [0.717, 1.165) is 0 Å². The van der Waals surface area contributed by atoms with Crippen molar-refractivity contribution >= 4 is 12.2 Å². The number of benzene rings is 3. The molecular formula is C23H18. The predicted octanol–water partition coefficient (Wildman–Crippen LogP) is 3.58. The summed E-state index contributed by atoms with van der Waals surface area (Å²) in [7, 11) is 0. The monoisotopic (exact) mass is 294 g/mol. The number of fused-ring (bicyclic) bond motifs is 4. The first kappa shape index (κ1) is 12.9. The summed E-state index contributed by atoms with van der Waals surface area (Å²) in [6, 6.07) is 22.2. The van der Waals surface area contributed by atoms with E-state index >= 15 is 0 Å². The van der Waals surface area contributed by atoms with Gasteiger partial charge in [-0.15, -0.1) is 0 Å². The van der Waals surface area contributed by atoms with E-state index in [1.807, 2.05) is 0 Å². The van der Waals surface area contributed by atoms with Crippen LogP contribution in [-0.4, -0.2) is 0 Å². The summed E-state index contributed by atoms with van der Waals surface area (Å²) in [4.78, 5) is 0. The summed E-state index contributed by atoms with van der Waals surface area (Å²) < 4.78 is 0. The molecule has 0 N–H and O–H groups in total. The van der Waals surface area contributed by atoms with Crippen LogP contribution in [0.3, 0.4) is 0 Å². The lowest BCUT2D eigenvalue weighted by Gasteiger charge is -2.31. The molecule has 0 nitrogen and oxygen atoms in total. The highest BCUT2D eigenvalue weighted by Gasteiger charge is 2.29. The second-order valence-corrected chi connectivity index (χ2v) is 7.11. The van der Waals surface area contributed by atoms with Gasteiger partial charge in [0.2, 0.25) is 0 Å². The molecule has 0 heteroatoms. The highest BCUT2D eigenvalue weighted by atomic mass is 14.3. The van der Waals surface area contributed by atoms with E-state index in [9.17, 15) is 0 Å². The first-order chi connectivity index (χ1) is 11.1. The Balaban J connectivity index is 1.96. The van der Waals surface area contributed by atoms with Crippen LogP contribution in [0.2, 0.25) is 0 Å². The van der Waals surface area contributed by atoms with Gasteiger partial charge < -0.3 is 0 Å². The Bertz CT molecular complexity index is 1180. The van der Waals surface area contributed by atoms with Crippen LogP contribution in [0.5, 0.6) is 0 Å². The summed E-state index contributed by atoms with van der Waals surface area (Å²) in [5.74, 6) is 0. The molecule has 0 atom stereocenters. The molecule has 23 heavy (non-hydrogen) atoms. The average Bonchev–Trinajstić information content (AvgIpc) is 2.91. The Morgan fingerprint density at radius 3 is 2.26 bits per heavy atom. The first-order valence-electron chi connectivity index (χ1n) is 8.21. The quantitative estimate of drug-likeness (QED) is 0.465. The van der Waals surface area contributed by atoms with E-state index in [1.165, 1.54) is 43.1 Å². The van der Waals surface area contributed by atoms with Gasteiger partial charge in [-0.2, -0.15) is 0 Å². The SMILES string of the molecule is CC1(C)c2ccccc2C=c2cc3c(cc21)=c1ccccc1=C3. The first-order valence-corrected chi connectivity index (χ1v) is 8.21. The Morgan fingerprint density at radius 2 is 1.35 bits per heavy atom. The van der Waals surface area contributed by atoms with Crippen molar-refractivity contribution in [1.82, 2.24) is 0 Å². The number of rotatable bonds is 0. The number of hydrogen-bond donors (Lipinski definition) is 0. The molecule has 110 valence electrons. The van der Waals surface area contributed by atoms with Crippen LogP contribution in [0.15, 0.2) is 60.7 Å². The average molecular weight is 294 g/mol. The van der Waals surface area contributed by atoms with Crippen molar-refractivity contribution in [2.75, 3.05) is 0 Å². The lowest BCUT2D eigenvalue weighted by Crippen LogP contribution is -2.31. The van der Waals surface area contributed by atoms with Crippen LogP contribution in [-0.2, 0) is 5.41 Å². The molecule has 0 aromatic heterocycles. The molecule has 5 rings (SSSR count). The minimum Gasteiger partial charge on any atom is -0.0619 e. The van der Waals surface area contributed by atoms with Gasteiger partial charge >= 0.3 is 0 Å². The third-order valence-corrected chi connectivity index (χ3v) is 5.40. The van der Waals surface area contributed by atoms with Gasteiger partial charge in [0.25, 0.3) is 0 Å². The molecule has 0 amide bonds. The van der Waals surface area contributed by atoms with Crippen LogP contribution >= 0.6 is 0 Å². The summed E-state index contributed by atoms with van der Waals surface area (Å²) in [6.45, 7) is 4.68. The summed E-state index contributed by atoms with van der Waals surface area (Å²) >= 11 is 0. The van der Waals surface area contributed by atoms with Crippen molar-refractivity contribution in [3.05, 3.63) is 104 Å². The van der Waals surface area contributed by atoms with E-state index in [1.54, 1.807) is 0 Å². The Hall–Kier alpha value is -2.60. The Kier molecular flexibility index (Phi) is 2.37. The maximum atomic E-state index is 2.42. The molecule has 0 bridgehead atoms. The van der Waals surface area contributed by atoms with Gasteiger partial charge in [0.1, 0.15) is 0 Å². The highest BCUT2D eigenvalue weighted by Crippen LogP contribution is 2.35. The lowest BCUT2D eigenvalue weighted by molar-refractivity contribution is 0.629. The van der Waals surface area contributed by atoms with Gasteiger partial charge in [0, 0.05) is 5.41 Å². The molecule has 0 fully saturated rings. The zero-order chi connectivity index (χ0) is 15.6. The Morgan fingerprint density at radius 1 is 0.609 bits per heavy atom. The van der Waals surface area contributed by atoms with E-state index in [2.05, 4.69) is 86.7 Å². The molecule has 0 aliphatic heterocycles. The normalized spacial score (nSPS) is 15.6. The minimum absolute atomic E-state index is 0.0350. The second kappa shape index (κ2) is 4.23. The van der Waals surface area contributed by atoms with Crippen LogP contribution in [0, 0.1) is 10.4 Å². The van der Waals surface area contributed by atoms with E-state index in [0.29, 0.717) is 0 Å². The van der Waals surface area contributed by atoms with E-state index < -0.39 is 0 Å². The Labute approximate surface area is 135 Å². The summed E-state index contributed by atoms with van der Waals surface area (Å²) in [6.07, 6.45) is 4.65. The molecule has 0 unspecified atom stereocenters. The maximum Gasteiger partial charge on any atom is 0.0158 e. The molecule has 0 saturated carbocycles. The fourth-order valence-corrected chi connectivity index (χ4v) is 4.19. The van der Waals surface area contributed by atoms with Gasteiger partial charge in [-0.05, 0) is 67.4 Å². The van der Waals surface area contributed by atoms with Crippen LogP contribution in [0.25, 0.3) is 12.2 Å². The maximum absolute atomic E-state index is 2.42. The number of hydrogen-bond acceptors (Lipinski definition) is 0. The third-order valence-electron chi connectivity index (χ3n) is 5.40. The van der Waals surface area contributed by atoms with Gasteiger partial charge in [0.05, 0.1) is 0 Å². The fourth-order valence-electron chi connectivity index (χ4n) is 4.19. The second-order valence-electron chi connectivity index (χ2n) is 7.11. The zero-order valence-corrected chi connectivity index (χ0v) is 13.4. The summed E-state index contributed by atoms with van der Waals surface area (Å²) in [5.41, 5.74) is 5.58. The standard InChI is InChI=1S/C23H18/c1-23(2)21-10-6-4-8-16(21)12-18-13-17-11-15-7-3-5-9-19(15)20(17)14-22(18)23/h3-14H,1-2H3. The van der Waals surface area contributed by atoms with Gasteiger partial charge in [-0.25, -0.2) is 0 Å². The van der Waals surface area contributed by atoms with Crippen molar-refractivity contribution in [3.63, 3.8) is 0 Å². The van der Waals surface area contributed by atoms with Crippen molar-refractivity contribution in [2.24, 2.45) is 0 Å². The smallest absolute Gasteiger partial charge is 0.0158 e. The van der Waals surface area contributed by atoms with Crippen molar-refractivity contribution < 1.29 is 0 Å². The molecule has 0 radical (unpaired) electrons. The molecular weight excluding hydrogens is 276 g/mol. The van der Waals surface area contributed by atoms with E-state index in [4.69, 9.17) is 0 Å². The van der Waals surface area contributed by atoms with Gasteiger partial charge in [0.15, 0.2) is 0 Å². The molecule has 0 spiro atoms. The molecule has 0 heterocycles. The van der Waals surface area contributed by atoms with E-state index in [-0.39, 0.29) is 5.41 Å². The molecule has 2 aliphatic rings. The lowest BCUT2D eigenvalue weighted by atomic mass is 9.72. The topological polar surface area (TPSA) is 0 Å². The largest absolute Gasteiger partial charge is 0.0619 e. The van der Waals surface area contributed by atoms with Gasteiger partial charge in [-0.3, -0.25) is 0 Å². The third kappa shape index (κ3) is 1.66. The molecule has 2 aliphatic carbocycles. The molecule has 3 aromatic rings. The highest BCUT2D eigenvalue weighted by molar-refractivity contribution is 5.66. The van der Waals surface area contributed by atoms with Crippen molar-refractivity contribution in [3.8, 4) is 0 Å². The minimum atomic E-state index is 0.0350. The predicted molar refractivity (Wildman–Crippen MR) is 95.5 cm³/mol. The summed E-state index contributed by atoms with van der Waals surface area (Å²) in [5, 5.41) is 5.43. The molecule has 3 aromatic carbocycles. The van der Waals surface area contributed by atoms with Crippen LogP contribution < -0.4 is 10.4 Å². The van der Waals surface area contributed by atoms with Gasteiger partial charge in [-0.1, -0.05) is 62.4 Å². The zero-order valence-electron chi connectivity index (χ0n) is 13.4. The van der Waals surface area contributed by atoms with Crippen LogP contribution in [0.4, 0.5) is 0 Å². The van der Waals surface area contributed by atoms with Crippen molar-refractivity contribution in [1.29, 1.82) is 0 Å². The van der Waals surface area contributed by atoms with Crippen LogP contribution in [0.1, 0.15) is 36.1 Å². The fraction of sp³-hybridized carbons (Fsp3) is 0.130.